The van der Waals surface area contributed by atoms with E-state index < -0.39 is 0 Å². The fourth-order valence-corrected chi connectivity index (χ4v) is 2.24. The summed E-state index contributed by atoms with van der Waals surface area (Å²) in [4.78, 5) is 25.1. The number of nitrogens with one attached hydrogen (secondary N) is 2. The third-order valence-corrected chi connectivity index (χ3v) is 3.35. The van der Waals surface area contributed by atoms with Crippen LogP contribution in [0.2, 0.25) is 0 Å². The fraction of sp³-hybridized carbons (Fsp3) is 0.833. The zero-order valence-corrected chi connectivity index (χ0v) is 11.0. The molecule has 17 heavy (non-hydrogen) atoms. The van der Waals surface area contributed by atoms with Gasteiger partial charge in [-0.15, -0.1) is 0 Å². The summed E-state index contributed by atoms with van der Waals surface area (Å²) in [5.74, 6) is -0.0597. The average Bonchev–Trinajstić information content (AvgIpc) is 2.75. The minimum Gasteiger partial charge on any atom is -0.347 e. The third kappa shape index (κ3) is 3.43. The normalized spacial score (nSPS) is 23.5. The maximum Gasteiger partial charge on any atom is 0.241 e. The van der Waals surface area contributed by atoms with Crippen LogP contribution < -0.4 is 10.6 Å². The van der Waals surface area contributed by atoms with Gasteiger partial charge >= 0.3 is 0 Å². The van der Waals surface area contributed by atoms with Crippen LogP contribution in [0.25, 0.3) is 0 Å². The van der Waals surface area contributed by atoms with Crippen LogP contribution in [0.15, 0.2) is 0 Å². The van der Waals surface area contributed by atoms with E-state index >= 15 is 0 Å². The second-order valence-corrected chi connectivity index (χ2v) is 4.93. The molecule has 0 aromatic heterocycles. The molecule has 98 valence electrons. The van der Waals surface area contributed by atoms with Gasteiger partial charge in [-0.3, -0.25) is 9.59 Å². The molecule has 0 aliphatic carbocycles. The van der Waals surface area contributed by atoms with Crippen molar-refractivity contribution < 1.29 is 9.59 Å². The molecular weight excluding hydrogens is 218 g/mol. The third-order valence-electron chi connectivity index (χ3n) is 3.35. The summed E-state index contributed by atoms with van der Waals surface area (Å²) < 4.78 is 0. The molecule has 5 nitrogen and oxygen atoms in total. The first-order valence-corrected chi connectivity index (χ1v) is 6.21. The van der Waals surface area contributed by atoms with Gasteiger partial charge in [-0.05, 0) is 19.4 Å². The van der Waals surface area contributed by atoms with Crippen molar-refractivity contribution in [1.29, 1.82) is 0 Å². The molecule has 0 spiro atoms. The Hall–Kier alpha value is -1.10. The smallest absolute Gasteiger partial charge is 0.241 e. The van der Waals surface area contributed by atoms with Gasteiger partial charge in [-0.2, -0.15) is 0 Å². The first-order chi connectivity index (χ1) is 8.02. The molecule has 1 rings (SSSR count). The van der Waals surface area contributed by atoms with Crippen LogP contribution in [0, 0.1) is 5.41 Å². The van der Waals surface area contributed by atoms with Gasteiger partial charge in [0.25, 0.3) is 0 Å². The second kappa shape index (κ2) is 6.00. The van der Waals surface area contributed by atoms with Crippen LogP contribution in [0.5, 0.6) is 0 Å². The molecule has 0 aromatic carbocycles. The summed E-state index contributed by atoms with van der Waals surface area (Å²) in [6.07, 6.45) is 2.72. The highest BCUT2D eigenvalue weighted by molar-refractivity contribution is 5.88. The molecule has 1 saturated heterocycles. The van der Waals surface area contributed by atoms with Crippen molar-refractivity contribution >= 4 is 11.8 Å². The summed E-state index contributed by atoms with van der Waals surface area (Å²) in [6, 6.07) is 0. The van der Waals surface area contributed by atoms with Crippen LogP contribution in [0.3, 0.4) is 0 Å². The predicted octanol–water partition coefficient (Wildman–Crippen LogP) is -0.0294. The van der Waals surface area contributed by atoms with Crippen molar-refractivity contribution in [3.05, 3.63) is 0 Å². The number of carbonyl (C=O) groups excluding carboxylic acids is 2. The van der Waals surface area contributed by atoms with E-state index in [1.807, 2.05) is 0 Å². The van der Waals surface area contributed by atoms with Crippen LogP contribution in [-0.2, 0) is 9.59 Å². The van der Waals surface area contributed by atoms with Crippen LogP contribution >= 0.6 is 0 Å². The Morgan fingerprint density at radius 1 is 1.41 bits per heavy atom. The summed E-state index contributed by atoms with van der Waals surface area (Å²) in [7, 11) is 3.38. The van der Waals surface area contributed by atoms with E-state index in [-0.39, 0.29) is 23.8 Å². The van der Waals surface area contributed by atoms with Crippen molar-refractivity contribution in [3.8, 4) is 0 Å². The zero-order chi connectivity index (χ0) is 12.9. The van der Waals surface area contributed by atoms with Crippen molar-refractivity contribution in [2.75, 3.05) is 33.7 Å². The molecule has 2 N–H and O–H groups in total. The van der Waals surface area contributed by atoms with Crippen molar-refractivity contribution in [1.82, 2.24) is 15.5 Å². The molecule has 0 radical (unpaired) electrons. The topological polar surface area (TPSA) is 61.4 Å². The van der Waals surface area contributed by atoms with Gasteiger partial charge < -0.3 is 15.5 Å². The lowest BCUT2D eigenvalue weighted by Gasteiger charge is -2.26. The van der Waals surface area contributed by atoms with Gasteiger partial charge in [0, 0.05) is 20.6 Å². The molecule has 1 heterocycles. The minimum absolute atomic E-state index is 0.0135. The lowest BCUT2D eigenvalue weighted by molar-refractivity contribution is -0.135. The van der Waals surface area contributed by atoms with Gasteiger partial charge in [0.1, 0.15) is 0 Å². The standard InChI is InChI=1S/C12H23N3O2/c1-4-5-12(6-7-13-9-12)11(17)14-8-10(16)15(2)3/h13H,4-9H2,1-3H3,(H,14,17). The highest BCUT2D eigenvalue weighted by Gasteiger charge is 2.40. The lowest BCUT2D eigenvalue weighted by atomic mass is 9.81. The monoisotopic (exact) mass is 241 g/mol. The lowest BCUT2D eigenvalue weighted by Crippen LogP contribution is -2.46. The largest absolute Gasteiger partial charge is 0.347 e. The maximum atomic E-state index is 12.2. The van der Waals surface area contributed by atoms with Gasteiger partial charge in [-0.1, -0.05) is 13.3 Å². The molecule has 0 saturated carbocycles. The Bertz CT molecular complexity index is 283. The van der Waals surface area contributed by atoms with Crippen molar-refractivity contribution in [2.45, 2.75) is 26.2 Å². The Balaban J connectivity index is 2.52. The maximum absolute atomic E-state index is 12.2. The molecule has 5 heteroatoms. The molecule has 1 atom stereocenters. The Labute approximate surface area is 103 Å². The molecular formula is C12H23N3O2. The van der Waals surface area contributed by atoms with E-state index in [1.54, 1.807) is 14.1 Å². The molecule has 2 amide bonds. The SMILES string of the molecule is CCCC1(C(=O)NCC(=O)N(C)C)CCNC1. The molecule has 1 aliphatic rings. The average molecular weight is 241 g/mol. The Kier molecular flexibility index (Phi) is 4.93. The highest BCUT2D eigenvalue weighted by Crippen LogP contribution is 2.31. The number of hydrogen-bond acceptors (Lipinski definition) is 3. The van der Waals surface area contributed by atoms with E-state index in [0.717, 1.165) is 32.4 Å². The zero-order valence-electron chi connectivity index (χ0n) is 11.0. The highest BCUT2D eigenvalue weighted by atomic mass is 16.2. The first kappa shape index (κ1) is 14.0. The first-order valence-electron chi connectivity index (χ1n) is 6.21. The second-order valence-electron chi connectivity index (χ2n) is 4.93. The van der Waals surface area contributed by atoms with Crippen LogP contribution in [0.1, 0.15) is 26.2 Å². The molecule has 1 aliphatic heterocycles. The molecule has 0 aromatic rings. The summed E-state index contributed by atoms with van der Waals surface area (Å²) in [5, 5.41) is 5.99. The van der Waals surface area contributed by atoms with E-state index in [9.17, 15) is 9.59 Å². The van der Waals surface area contributed by atoms with E-state index in [0.29, 0.717) is 0 Å². The summed E-state index contributed by atoms with van der Waals surface area (Å²) in [5.41, 5.74) is -0.304. The van der Waals surface area contributed by atoms with E-state index in [1.165, 1.54) is 4.90 Å². The summed E-state index contributed by atoms with van der Waals surface area (Å²) in [6.45, 7) is 3.79. The van der Waals surface area contributed by atoms with Gasteiger partial charge in [0.05, 0.1) is 12.0 Å². The van der Waals surface area contributed by atoms with Gasteiger partial charge in [0.15, 0.2) is 0 Å². The number of nitrogens with zero attached hydrogens (tertiary/aromatic N) is 1. The Morgan fingerprint density at radius 3 is 2.59 bits per heavy atom. The summed E-state index contributed by atoms with van der Waals surface area (Å²) >= 11 is 0. The van der Waals surface area contributed by atoms with Crippen molar-refractivity contribution in [3.63, 3.8) is 0 Å². The predicted molar refractivity (Wildman–Crippen MR) is 66.5 cm³/mol. The van der Waals surface area contributed by atoms with Crippen molar-refractivity contribution in [2.24, 2.45) is 5.41 Å². The number of likely N-dealkylation sites (N-methyl/N-ethyl adjacent to an activating group) is 1. The number of rotatable bonds is 5. The van der Waals surface area contributed by atoms with Crippen LogP contribution in [0.4, 0.5) is 0 Å². The quantitative estimate of drug-likeness (QED) is 0.710. The number of amides is 2. The van der Waals surface area contributed by atoms with E-state index in [4.69, 9.17) is 0 Å². The number of hydrogen-bond donors (Lipinski definition) is 2. The fourth-order valence-electron chi connectivity index (χ4n) is 2.24. The van der Waals surface area contributed by atoms with Gasteiger partial charge in [-0.25, -0.2) is 0 Å². The van der Waals surface area contributed by atoms with Gasteiger partial charge in [0.2, 0.25) is 11.8 Å². The number of carbonyl (C=O) groups is 2. The van der Waals surface area contributed by atoms with Crippen LogP contribution in [-0.4, -0.2) is 50.4 Å². The van der Waals surface area contributed by atoms with E-state index in [2.05, 4.69) is 17.6 Å². The molecule has 1 unspecified atom stereocenters. The molecule has 1 fully saturated rings. The minimum atomic E-state index is -0.304. The Morgan fingerprint density at radius 2 is 2.12 bits per heavy atom. The molecule has 0 bridgehead atoms.